The molecule has 0 aliphatic heterocycles. The Morgan fingerprint density at radius 3 is 2.31 bits per heavy atom. The molecule has 0 aliphatic rings. The average Bonchev–Trinajstić information content (AvgIpc) is 1.96. The fourth-order valence-electron chi connectivity index (χ4n) is 0.965. The first-order valence-electron chi connectivity index (χ1n) is 4.00. The van der Waals surface area contributed by atoms with Gasteiger partial charge in [-0.3, -0.25) is 4.79 Å². The fourth-order valence-corrected chi connectivity index (χ4v) is 0.965. The zero-order valence-corrected chi connectivity index (χ0v) is 11.2. The van der Waals surface area contributed by atoms with Gasteiger partial charge in [0, 0.05) is 12.4 Å². The standard InChI is InChI=1S/C8H14O4.K/c1-2-3-4-6(8(11)12)5-7(9)10;/h6H,2-5H2,1H3,(H,9,10)(H,11,12);/q;+1/p-1. The topological polar surface area (TPSA) is 77.4 Å². The summed E-state index contributed by atoms with van der Waals surface area (Å²) in [6.45, 7) is 1.93. The van der Waals surface area contributed by atoms with Crippen molar-refractivity contribution < 1.29 is 71.2 Å². The summed E-state index contributed by atoms with van der Waals surface area (Å²) in [5.41, 5.74) is 0. The molecular formula is C8H13KO4. The smallest absolute Gasteiger partial charge is 0.550 e. The van der Waals surface area contributed by atoms with E-state index in [1.54, 1.807) is 0 Å². The van der Waals surface area contributed by atoms with Crippen LogP contribution in [0.25, 0.3) is 0 Å². The van der Waals surface area contributed by atoms with Crippen molar-refractivity contribution in [3.63, 3.8) is 0 Å². The van der Waals surface area contributed by atoms with Gasteiger partial charge in [0.2, 0.25) is 0 Å². The van der Waals surface area contributed by atoms with Gasteiger partial charge in [-0.15, -0.1) is 0 Å². The van der Waals surface area contributed by atoms with Gasteiger partial charge in [-0.2, -0.15) is 0 Å². The minimum Gasteiger partial charge on any atom is -0.550 e. The van der Waals surface area contributed by atoms with E-state index in [-0.39, 0.29) is 57.8 Å². The molecule has 4 nitrogen and oxygen atoms in total. The van der Waals surface area contributed by atoms with Crippen LogP contribution in [0.1, 0.15) is 32.6 Å². The van der Waals surface area contributed by atoms with Gasteiger partial charge >= 0.3 is 57.4 Å². The molecule has 0 aromatic rings. The van der Waals surface area contributed by atoms with Crippen LogP contribution in [0.5, 0.6) is 0 Å². The van der Waals surface area contributed by atoms with Gasteiger partial charge in [0.25, 0.3) is 0 Å². The van der Waals surface area contributed by atoms with E-state index < -0.39 is 17.9 Å². The summed E-state index contributed by atoms with van der Waals surface area (Å²) in [4.78, 5) is 20.6. The van der Waals surface area contributed by atoms with E-state index in [1.807, 2.05) is 6.92 Å². The number of carbonyl (C=O) groups excluding carboxylic acids is 1. The van der Waals surface area contributed by atoms with E-state index in [9.17, 15) is 14.7 Å². The van der Waals surface area contributed by atoms with Crippen molar-refractivity contribution in [2.75, 3.05) is 0 Å². The van der Waals surface area contributed by atoms with E-state index in [2.05, 4.69) is 0 Å². The fraction of sp³-hybridized carbons (Fsp3) is 0.750. The van der Waals surface area contributed by atoms with Crippen LogP contribution in [0, 0.1) is 5.92 Å². The van der Waals surface area contributed by atoms with E-state index in [0.717, 1.165) is 12.8 Å². The SMILES string of the molecule is CCCCC(CC(=O)[O-])C(=O)O.[K+]. The van der Waals surface area contributed by atoms with Crippen molar-refractivity contribution in [3.05, 3.63) is 0 Å². The number of unbranched alkanes of at least 4 members (excludes halogenated alkanes) is 1. The van der Waals surface area contributed by atoms with Gasteiger partial charge in [-0.05, 0) is 6.42 Å². The van der Waals surface area contributed by atoms with Crippen molar-refractivity contribution in [2.45, 2.75) is 32.6 Å². The number of carbonyl (C=O) groups is 2. The Labute approximate surface area is 120 Å². The van der Waals surface area contributed by atoms with Crippen molar-refractivity contribution in [2.24, 2.45) is 5.92 Å². The summed E-state index contributed by atoms with van der Waals surface area (Å²) in [7, 11) is 0. The number of aliphatic carboxylic acids is 2. The van der Waals surface area contributed by atoms with Crippen LogP contribution in [0.15, 0.2) is 0 Å². The monoisotopic (exact) mass is 212 g/mol. The molecule has 0 rings (SSSR count). The first kappa shape index (κ1) is 16.0. The molecule has 70 valence electrons. The number of carboxylic acid groups (broad SMARTS) is 2. The van der Waals surface area contributed by atoms with E-state index >= 15 is 0 Å². The summed E-state index contributed by atoms with van der Waals surface area (Å²) >= 11 is 0. The Balaban J connectivity index is 0. The molecule has 0 aromatic carbocycles. The maximum Gasteiger partial charge on any atom is 1.00 e. The third-order valence-corrected chi connectivity index (χ3v) is 1.67. The van der Waals surface area contributed by atoms with Crippen LogP contribution < -0.4 is 56.5 Å². The van der Waals surface area contributed by atoms with Gasteiger partial charge in [-0.25, -0.2) is 0 Å². The van der Waals surface area contributed by atoms with Crippen molar-refractivity contribution in [1.82, 2.24) is 0 Å². The second kappa shape index (κ2) is 9.14. The average molecular weight is 212 g/mol. The largest absolute Gasteiger partial charge is 1.00 e. The summed E-state index contributed by atoms with van der Waals surface area (Å²) in [6.07, 6.45) is 1.65. The van der Waals surface area contributed by atoms with Gasteiger partial charge < -0.3 is 15.0 Å². The van der Waals surface area contributed by atoms with Crippen LogP contribution >= 0.6 is 0 Å². The second-order valence-electron chi connectivity index (χ2n) is 2.75. The van der Waals surface area contributed by atoms with E-state index in [4.69, 9.17) is 5.11 Å². The van der Waals surface area contributed by atoms with E-state index in [0.29, 0.717) is 6.42 Å². The molecule has 1 N–H and O–H groups in total. The van der Waals surface area contributed by atoms with Crippen LogP contribution in [-0.2, 0) is 9.59 Å². The van der Waals surface area contributed by atoms with Gasteiger partial charge in [-0.1, -0.05) is 19.8 Å². The summed E-state index contributed by atoms with van der Waals surface area (Å²) in [5, 5.41) is 18.7. The maximum atomic E-state index is 10.4. The first-order valence-corrected chi connectivity index (χ1v) is 4.00. The molecule has 0 saturated carbocycles. The van der Waals surface area contributed by atoms with Crippen LogP contribution in [0.4, 0.5) is 0 Å². The Kier molecular flexibility index (Phi) is 11.3. The molecule has 5 heteroatoms. The van der Waals surface area contributed by atoms with Crippen LogP contribution in [0.2, 0.25) is 0 Å². The molecule has 1 unspecified atom stereocenters. The molecule has 1 atom stereocenters. The van der Waals surface area contributed by atoms with E-state index in [1.165, 1.54) is 0 Å². The molecule has 0 saturated heterocycles. The molecule has 13 heavy (non-hydrogen) atoms. The van der Waals surface area contributed by atoms with Crippen LogP contribution in [0.3, 0.4) is 0 Å². The zero-order chi connectivity index (χ0) is 9.56. The van der Waals surface area contributed by atoms with Gasteiger partial charge in [0.1, 0.15) is 0 Å². The number of hydrogen-bond acceptors (Lipinski definition) is 3. The molecule has 0 fully saturated rings. The molecule has 0 spiro atoms. The second-order valence-corrected chi connectivity index (χ2v) is 2.75. The van der Waals surface area contributed by atoms with Crippen molar-refractivity contribution in [3.8, 4) is 0 Å². The van der Waals surface area contributed by atoms with Gasteiger partial charge in [0.15, 0.2) is 0 Å². The molecule has 0 aliphatic carbocycles. The summed E-state index contributed by atoms with van der Waals surface area (Å²) in [6, 6.07) is 0. The third-order valence-electron chi connectivity index (χ3n) is 1.67. The minimum atomic E-state index is -1.29. The number of hydrogen-bond donors (Lipinski definition) is 1. The molecule has 0 bridgehead atoms. The van der Waals surface area contributed by atoms with Crippen molar-refractivity contribution in [1.29, 1.82) is 0 Å². The predicted molar refractivity (Wildman–Crippen MR) is 40.3 cm³/mol. The van der Waals surface area contributed by atoms with Gasteiger partial charge in [0.05, 0.1) is 5.92 Å². The molecule has 0 radical (unpaired) electrons. The zero-order valence-electron chi connectivity index (χ0n) is 8.08. The Hall–Kier alpha value is 0.576. The molecular weight excluding hydrogens is 199 g/mol. The molecule has 0 heterocycles. The third kappa shape index (κ3) is 8.89. The Morgan fingerprint density at radius 2 is 2.00 bits per heavy atom. The molecule has 0 amide bonds. The summed E-state index contributed by atoms with van der Waals surface area (Å²) < 4.78 is 0. The number of carboxylic acids is 2. The predicted octanol–water partition coefficient (Wildman–Crippen LogP) is -2.98. The normalized spacial score (nSPS) is 11.5. The minimum absolute atomic E-state index is 0. The molecule has 0 aromatic heterocycles. The Morgan fingerprint density at radius 1 is 1.46 bits per heavy atom. The van der Waals surface area contributed by atoms with Crippen molar-refractivity contribution >= 4 is 11.9 Å². The summed E-state index contributed by atoms with van der Waals surface area (Å²) in [5.74, 6) is -3.12. The Bertz CT molecular complexity index is 170. The van der Waals surface area contributed by atoms with Crippen LogP contribution in [-0.4, -0.2) is 17.0 Å². The first-order chi connectivity index (χ1) is 5.57. The quantitative estimate of drug-likeness (QED) is 0.477. The maximum absolute atomic E-state index is 10.4. The number of rotatable bonds is 6.